The molecule has 0 aromatic heterocycles. The van der Waals surface area contributed by atoms with Gasteiger partial charge in [0.25, 0.3) is 0 Å². The lowest BCUT2D eigenvalue weighted by atomic mass is 9.98. The SMILES string of the molecule is C=CCNC[C@H]1O[C@]2(O)C(C)(C)[C@]2(O)[C@@H]1O. The van der Waals surface area contributed by atoms with E-state index >= 15 is 0 Å². The molecule has 4 N–H and O–H groups in total. The van der Waals surface area contributed by atoms with Gasteiger partial charge in [-0.05, 0) is 0 Å². The van der Waals surface area contributed by atoms with E-state index in [2.05, 4.69) is 11.9 Å². The van der Waals surface area contributed by atoms with E-state index in [1.807, 2.05) is 0 Å². The smallest absolute Gasteiger partial charge is 0.207 e. The average Bonchev–Trinajstić information content (AvgIpc) is 2.45. The molecular formula is C11H19NO4. The summed E-state index contributed by atoms with van der Waals surface area (Å²) in [6.45, 7) is 7.85. The molecule has 1 aliphatic heterocycles. The highest BCUT2D eigenvalue weighted by molar-refractivity contribution is 5.34. The zero-order valence-corrected chi connectivity index (χ0v) is 9.60. The molecule has 0 aromatic rings. The maximum Gasteiger partial charge on any atom is 0.207 e. The van der Waals surface area contributed by atoms with E-state index in [0.717, 1.165) is 0 Å². The van der Waals surface area contributed by atoms with Gasteiger partial charge in [0, 0.05) is 13.1 Å². The summed E-state index contributed by atoms with van der Waals surface area (Å²) < 4.78 is 5.36. The molecule has 1 aliphatic carbocycles. The van der Waals surface area contributed by atoms with Crippen LogP contribution in [-0.2, 0) is 4.74 Å². The summed E-state index contributed by atoms with van der Waals surface area (Å²) in [5.74, 6) is -1.63. The van der Waals surface area contributed by atoms with Crippen LogP contribution in [0, 0.1) is 5.41 Å². The average molecular weight is 229 g/mol. The zero-order valence-electron chi connectivity index (χ0n) is 9.60. The van der Waals surface area contributed by atoms with Crippen molar-refractivity contribution in [3.05, 3.63) is 12.7 Å². The molecule has 0 unspecified atom stereocenters. The highest BCUT2D eigenvalue weighted by atomic mass is 16.7. The molecule has 0 aromatic carbocycles. The van der Waals surface area contributed by atoms with Crippen molar-refractivity contribution in [1.29, 1.82) is 0 Å². The summed E-state index contributed by atoms with van der Waals surface area (Å²) >= 11 is 0. The van der Waals surface area contributed by atoms with E-state index in [0.29, 0.717) is 13.1 Å². The Hall–Kier alpha value is -0.460. The molecule has 0 amide bonds. The topological polar surface area (TPSA) is 82.0 Å². The van der Waals surface area contributed by atoms with Crippen molar-refractivity contribution in [2.45, 2.75) is 37.4 Å². The number of aliphatic hydroxyl groups is 3. The summed E-state index contributed by atoms with van der Waals surface area (Å²) in [6.07, 6.45) is 0.0166. The van der Waals surface area contributed by atoms with Crippen LogP contribution in [0.1, 0.15) is 13.8 Å². The second-order valence-electron chi connectivity index (χ2n) is 5.08. The first kappa shape index (κ1) is 12.0. The first-order valence-corrected chi connectivity index (χ1v) is 5.45. The highest BCUT2D eigenvalue weighted by Crippen LogP contribution is 2.71. The monoisotopic (exact) mass is 229 g/mol. The fourth-order valence-electron chi connectivity index (χ4n) is 2.66. The lowest BCUT2D eigenvalue weighted by molar-refractivity contribution is -0.170. The van der Waals surface area contributed by atoms with Gasteiger partial charge >= 0.3 is 0 Å². The second kappa shape index (κ2) is 3.27. The number of hydrogen-bond acceptors (Lipinski definition) is 5. The standard InChI is InChI=1S/C11H19NO4/c1-4-5-12-6-7-8(13)10(14)9(2,3)11(10,15)16-7/h4,7-8,12-15H,1,5-6H2,2-3H3/t7-,8-,10-,11-/m1/s1. The molecule has 92 valence electrons. The lowest BCUT2D eigenvalue weighted by Crippen LogP contribution is -2.44. The third-order valence-corrected chi connectivity index (χ3v) is 3.99. The Balaban J connectivity index is 2.03. The fraction of sp³-hybridized carbons (Fsp3) is 0.818. The quantitative estimate of drug-likeness (QED) is 0.366. The minimum atomic E-state index is -1.63. The van der Waals surface area contributed by atoms with E-state index in [-0.39, 0.29) is 0 Å². The summed E-state index contributed by atoms with van der Waals surface area (Å²) in [7, 11) is 0. The Morgan fingerprint density at radius 1 is 1.44 bits per heavy atom. The number of rotatable bonds is 4. The van der Waals surface area contributed by atoms with Gasteiger partial charge in [-0.15, -0.1) is 6.58 Å². The summed E-state index contributed by atoms with van der Waals surface area (Å²) in [4.78, 5) is 0. The lowest BCUT2D eigenvalue weighted by Gasteiger charge is -2.25. The maximum atomic E-state index is 10.2. The van der Waals surface area contributed by atoms with Crippen LogP contribution in [0.4, 0.5) is 0 Å². The van der Waals surface area contributed by atoms with Crippen LogP contribution in [-0.4, -0.2) is 52.0 Å². The molecule has 5 heteroatoms. The van der Waals surface area contributed by atoms with Crippen molar-refractivity contribution in [2.75, 3.05) is 13.1 Å². The first-order valence-electron chi connectivity index (χ1n) is 5.45. The highest BCUT2D eigenvalue weighted by Gasteiger charge is 2.91. The molecule has 16 heavy (non-hydrogen) atoms. The normalized spacial score (nSPS) is 48.8. The minimum absolute atomic E-state index is 0.369. The van der Waals surface area contributed by atoms with E-state index in [1.165, 1.54) is 0 Å². The third kappa shape index (κ3) is 1.07. The number of aliphatic hydroxyl groups excluding tert-OH is 1. The Morgan fingerprint density at radius 3 is 2.50 bits per heavy atom. The van der Waals surface area contributed by atoms with Crippen LogP contribution in [0.25, 0.3) is 0 Å². The first-order chi connectivity index (χ1) is 7.33. The van der Waals surface area contributed by atoms with Crippen LogP contribution in [0.5, 0.6) is 0 Å². The molecule has 2 fully saturated rings. The molecule has 0 radical (unpaired) electrons. The molecule has 1 heterocycles. The maximum absolute atomic E-state index is 10.2. The minimum Gasteiger partial charge on any atom is -0.387 e. The van der Waals surface area contributed by atoms with Crippen LogP contribution in [0.3, 0.4) is 0 Å². The molecule has 4 atom stereocenters. The van der Waals surface area contributed by atoms with Gasteiger partial charge in [-0.25, -0.2) is 0 Å². The Morgan fingerprint density at radius 2 is 2.06 bits per heavy atom. The largest absolute Gasteiger partial charge is 0.387 e. The van der Waals surface area contributed by atoms with Crippen LogP contribution < -0.4 is 5.32 Å². The van der Waals surface area contributed by atoms with Gasteiger partial charge in [-0.1, -0.05) is 19.9 Å². The third-order valence-electron chi connectivity index (χ3n) is 3.99. The van der Waals surface area contributed by atoms with Crippen molar-refractivity contribution in [3.63, 3.8) is 0 Å². The van der Waals surface area contributed by atoms with Crippen LogP contribution >= 0.6 is 0 Å². The Kier molecular flexibility index (Phi) is 2.46. The van der Waals surface area contributed by atoms with Gasteiger partial charge in [0.1, 0.15) is 12.2 Å². The number of nitrogens with one attached hydrogen (secondary N) is 1. The van der Waals surface area contributed by atoms with E-state index in [4.69, 9.17) is 4.74 Å². The molecule has 1 saturated heterocycles. The van der Waals surface area contributed by atoms with Gasteiger partial charge in [-0.2, -0.15) is 0 Å². The molecule has 1 saturated carbocycles. The number of hydrogen-bond donors (Lipinski definition) is 4. The second-order valence-corrected chi connectivity index (χ2v) is 5.08. The number of ether oxygens (including phenoxy) is 1. The van der Waals surface area contributed by atoms with Crippen molar-refractivity contribution in [3.8, 4) is 0 Å². The van der Waals surface area contributed by atoms with Gasteiger partial charge in [-0.3, -0.25) is 0 Å². The van der Waals surface area contributed by atoms with Crippen molar-refractivity contribution < 1.29 is 20.1 Å². The van der Waals surface area contributed by atoms with Gasteiger partial charge in [0.2, 0.25) is 5.79 Å². The van der Waals surface area contributed by atoms with Gasteiger partial charge in [0.05, 0.1) is 5.41 Å². The van der Waals surface area contributed by atoms with Crippen molar-refractivity contribution in [2.24, 2.45) is 5.41 Å². The molecular weight excluding hydrogens is 210 g/mol. The molecule has 5 nitrogen and oxygen atoms in total. The van der Waals surface area contributed by atoms with E-state index in [9.17, 15) is 15.3 Å². The summed E-state index contributed by atoms with van der Waals surface area (Å²) in [6, 6.07) is 0. The van der Waals surface area contributed by atoms with E-state index in [1.54, 1.807) is 19.9 Å². The van der Waals surface area contributed by atoms with E-state index < -0.39 is 29.0 Å². The predicted molar refractivity (Wildman–Crippen MR) is 57.6 cm³/mol. The summed E-state index contributed by atoms with van der Waals surface area (Å²) in [5, 5.41) is 33.2. The van der Waals surface area contributed by atoms with Crippen LogP contribution in [0.15, 0.2) is 12.7 Å². The molecule has 2 aliphatic rings. The fourth-order valence-corrected chi connectivity index (χ4v) is 2.66. The molecule has 0 spiro atoms. The predicted octanol–water partition coefficient (Wildman–Crippen LogP) is -1.02. The molecule has 2 rings (SSSR count). The van der Waals surface area contributed by atoms with Gasteiger partial charge in [0.15, 0.2) is 5.60 Å². The summed E-state index contributed by atoms with van der Waals surface area (Å²) in [5.41, 5.74) is -2.38. The van der Waals surface area contributed by atoms with Gasteiger partial charge < -0.3 is 25.4 Å². The Labute approximate surface area is 94.7 Å². The zero-order chi connectivity index (χ0) is 12.2. The number of fused-ring (bicyclic) bond motifs is 1. The van der Waals surface area contributed by atoms with Crippen LogP contribution in [0.2, 0.25) is 0 Å². The Bertz CT molecular complexity index is 319. The molecule has 0 bridgehead atoms. The van der Waals surface area contributed by atoms with Crippen molar-refractivity contribution in [1.82, 2.24) is 5.32 Å². The van der Waals surface area contributed by atoms with Crippen molar-refractivity contribution >= 4 is 0 Å².